The van der Waals surface area contributed by atoms with Crippen LogP contribution in [-0.4, -0.2) is 14.5 Å². The fraction of sp³-hybridized carbons (Fsp3) is 0.308. The Morgan fingerprint density at radius 2 is 2.21 bits per heavy atom. The molecule has 0 saturated carbocycles. The van der Waals surface area contributed by atoms with Crippen molar-refractivity contribution in [2.75, 3.05) is 0 Å². The predicted molar refractivity (Wildman–Crippen MR) is 71.6 cm³/mol. The van der Waals surface area contributed by atoms with Gasteiger partial charge in [0.2, 0.25) is 0 Å². The molecule has 0 atom stereocenters. The monoisotopic (exact) mass is 260 g/mol. The van der Waals surface area contributed by atoms with Crippen LogP contribution in [0.25, 0.3) is 0 Å². The van der Waals surface area contributed by atoms with E-state index >= 15 is 0 Å². The summed E-state index contributed by atoms with van der Waals surface area (Å²) in [6, 6.07) is 5.13. The average molecular weight is 260 g/mol. The number of aryl methyl sites for hydroxylation is 1. The van der Waals surface area contributed by atoms with Crippen LogP contribution in [0.4, 0.5) is 5.69 Å². The summed E-state index contributed by atoms with van der Waals surface area (Å²) in [6.45, 7) is 2.99. The van der Waals surface area contributed by atoms with Gasteiger partial charge in [-0.25, -0.2) is 4.98 Å². The number of hydrogen-bond acceptors (Lipinski definition) is 4. The number of nitrogens with zero attached hydrogens (tertiary/aromatic N) is 3. The Balaban J connectivity index is 2.02. The van der Waals surface area contributed by atoms with Crippen molar-refractivity contribution in [2.24, 2.45) is 7.05 Å². The Labute approximate surface area is 111 Å². The van der Waals surface area contributed by atoms with Crippen molar-refractivity contribution in [1.29, 1.82) is 0 Å². The van der Waals surface area contributed by atoms with Gasteiger partial charge in [-0.1, -0.05) is 12.1 Å². The molecule has 2 aromatic rings. The van der Waals surface area contributed by atoms with Crippen molar-refractivity contribution in [3.63, 3.8) is 0 Å². The van der Waals surface area contributed by atoms with E-state index in [9.17, 15) is 10.1 Å². The molecule has 100 valence electrons. The van der Waals surface area contributed by atoms with E-state index in [-0.39, 0.29) is 10.6 Å². The number of benzene rings is 1. The molecule has 0 aliphatic carbocycles. The van der Waals surface area contributed by atoms with E-state index in [1.54, 1.807) is 19.2 Å². The Bertz CT molecular complexity index is 592. The van der Waals surface area contributed by atoms with Crippen molar-refractivity contribution < 1.29 is 4.92 Å². The number of rotatable bonds is 5. The van der Waals surface area contributed by atoms with Gasteiger partial charge in [-0.15, -0.1) is 0 Å². The van der Waals surface area contributed by atoms with Crippen LogP contribution in [0.5, 0.6) is 0 Å². The van der Waals surface area contributed by atoms with E-state index in [1.165, 1.54) is 6.07 Å². The number of aromatic nitrogens is 2. The Morgan fingerprint density at radius 3 is 2.84 bits per heavy atom. The maximum Gasteiger partial charge on any atom is 0.272 e. The molecule has 19 heavy (non-hydrogen) atoms. The molecule has 6 heteroatoms. The minimum Gasteiger partial charge on any atom is -0.337 e. The van der Waals surface area contributed by atoms with Crippen molar-refractivity contribution in [3.8, 4) is 0 Å². The molecule has 1 aromatic heterocycles. The summed E-state index contributed by atoms with van der Waals surface area (Å²) < 4.78 is 1.94. The smallest absolute Gasteiger partial charge is 0.272 e. The quantitative estimate of drug-likeness (QED) is 0.658. The molecule has 6 nitrogen and oxygen atoms in total. The minimum atomic E-state index is -0.350. The third kappa shape index (κ3) is 2.97. The first kappa shape index (κ1) is 13.2. The van der Waals surface area contributed by atoms with Crippen molar-refractivity contribution in [3.05, 3.63) is 57.7 Å². The number of hydrogen-bond donors (Lipinski definition) is 1. The first-order chi connectivity index (χ1) is 9.09. The summed E-state index contributed by atoms with van der Waals surface area (Å²) in [6.07, 6.45) is 3.63. The molecule has 0 spiro atoms. The number of nitro groups is 1. The molecule has 0 bridgehead atoms. The molecule has 2 rings (SSSR count). The highest BCUT2D eigenvalue weighted by Crippen LogP contribution is 2.20. The molecule has 0 aliphatic rings. The van der Waals surface area contributed by atoms with E-state index in [0.717, 1.165) is 11.4 Å². The fourth-order valence-corrected chi connectivity index (χ4v) is 1.94. The largest absolute Gasteiger partial charge is 0.337 e. The lowest BCUT2D eigenvalue weighted by molar-refractivity contribution is -0.385. The topological polar surface area (TPSA) is 73.0 Å². The zero-order valence-corrected chi connectivity index (χ0v) is 11.0. The Kier molecular flexibility index (Phi) is 3.91. The van der Waals surface area contributed by atoms with Gasteiger partial charge in [-0.05, 0) is 12.5 Å². The molecule has 1 N–H and O–H groups in total. The van der Waals surface area contributed by atoms with Gasteiger partial charge in [0.15, 0.2) is 0 Å². The molecule has 0 amide bonds. The van der Waals surface area contributed by atoms with Crippen molar-refractivity contribution in [1.82, 2.24) is 14.9 Å². The highest BCUT2D eigenvalue weighted by atomic mass is 16.6. The summed E-state index contributed by atoms with van der Waals surface area (Å²) >= 11 is 0. The van der Waals surface area contributed by atoms with E-state index < -0.39 is 0 Å². The normalized spacial score (nSPS) is 10.6. The van der Waals surface area contributed by atoms with E-state index in [2.05, 4.69) is 10.3 Å². The van der Waals surface area contributed by atoms with Crippen LogP contribution < -0.4 is 5.32 Å². The first-order valence-corrected chi connectivity index (χ1v) is 5.99. The molecule has 0 radical (unpaired) electrons. The number of imidazole rings is 1. The van der Waals surface area contributed by atoms with Gasteiger partial charge in [0.25, 0.3) is 5.69 Å². The lowest BCUT2D eigenvalue weighted by Crippen LogP contribution is -2.16. The van der Waals surface area contributed by atoms with E-state index in [1.807, 2.05) is 23.9 Å². The zero-order chi connectivity index (χ0) is 13.8. The summed E-state index contributed by atoms with van der Waals surface area (Å²) in [5.74, 6) is 0.933. The van der Waals surface area contributed by atoms with E-state index in [4.69, 9.17) is 0 Å². The molecule has 1 aromatic carbocycles. The summed E-state index contributed by atoms with van der Waals surface area (Å²) in [4.78, 5) is 14.7. The molecular weight excluding hydrogens is 244 g/mol. The maximum atomic E-state index is 10.9. The standard InChI is InChI=1S/C13H16N4O2/c1-10-11(4-3-5-12(10)17(18)19)8-14-9-13-15-6-7-16(13)2/h3-7,14H,8-9H2,1-2H3. The minimum absolute atomic E-state index is 0.163. The van der Waals surface area contributed by atoms with Crippen LogP contribution in [-0.2, 0) is 20.1 Å². The second-order valence-electron chi connectivity index (χ2n) is 4.38. The number of nitrogens with one attached hydrogen (secondary N) is 1. The summed E-state index contributed by atoms with van der Waals surface area (Å²) in [5, 5.41) is 14.1. The maximum absolute atomic E-state index is 10.9. The zero-order valence-electron chi connectivity index (χ0n) is 11.0. The molecule has 1 heterocycles. The average Bonchev–Trinajstić information content (AvgIpc) is 2.77. The molecule has 0 fully saturated rings. The van der Waals surface area contributed by atoms with Gasteiger partial charge in [-0.2, -0.15) is 0 Å². The third-order valence-corrected chi connectivity index (χ3v) is 3.13. The Morgan fingerprint density at radius 1 is 1.42 bits per heavy atom. The molecule has 0 aliphatic heterocycles. The van der Waals surface area contributed by atoms with Gasteiger partial charge in [-0.3, -0.25) is 10.1 Å². The fourth-order valence-electron chi connectivity index (χ4n) is 1.94. The second kappa shape index (κ2) is 5.62. The molecular formula is C13H16N4O2. The predicted octanol–water partition coefficient (Wildman–Crippen LogP) is 1.93. The van der Waals surface area contributed by atoms with Gasteiger partial charge < -0.3 is 9.88 Å². The SMILES string of the molecule is Cc1c(CNCc2nccn2C)cccc1[N+](=O)[O-]. The molecule has 0 unspecified atom stereocenters. The highest BCUT2D eigenvalue weighted by Gasteiger charge is 2.12. The third-order valence-electron chi connectivity index (χ3n) is 3.13. The summed E-state index contributed by atoms with van der Waals surface area (Å²) in [7, 11) is 1.93. The van der Waals surface area contributed by atoms with Gasteiger partial charge in [0.1, 0.15) is 5.82 Å². The Hall–Kier alpha value is -2.21. The van der Waals surface area contributed by atoms with Crippen LogP contribution in [0, 0.1) is 17.0 Å². The van der Waals surface area contributed by atoms with Gasteiger partial charge in [0, 0.05) is 37.6 Å². The van der Waals surface area contributed by atoms with Crippen LogP contribution >= 0.6 is 0 Å². The lowest BCUT2D eigenvalue weighted by atomic mass is 10.1. The van der Waals surface area contributed by atoms with Crippen LogP contribution in [0.15, 0.2) is 30.6 Å². The lowest BCUT2D eigenvalue weighted by Gasteiger charge is -2.08. The van der Waals surface area contributed by atoms with Crippen molar-refractivity contribution in [2.45, 2.75) is 20.0 Å². The second-order valence-corrected chi connectivity index (χ2v) is 4.38. The van der Waals surface area contributed by atoms with Crippen molar-refractivity contribution >= 4 is 5.69 Å². The summed E-state index contributed by atoms with van der Waals surface area (Å²) in [5.41, 5.74) is 1.81. The first-order valence-electron chi connectivity index (χ1n) is 5.99. The van der Waals surface area contributed by atoms with Gasteiger partial charge in [0.05, 0.1) is 11.5 Å². The van der Waals surface area contributed by atoms with Crippen LogP contribution in [0.1, 0.15) is 17.0 Å². The number of nitro benzene ring substituents is 1. The van der Waals surface area contributed by atoms with E-state index in [0.29, 0.717) is 18.7 Å². The van der Waals surface area contributed by atoms with Crippen LogP contribution in [0.3, 0.4) is 0 Å². The van der Waals surface area contributed by atoms with Gasteiger partial charge >= 0.3 is 0 Å². The highest BCUT2D eigenvalue weighted by molar-refractivity contribution is 5.44. The van der Waals surface area contributed by atoms with Crippen LogP contribution in [0.2, 0.25) is 0 Å². The molecule has 0 saturated heterocycles.